The number of hydrogen-bond acceptors (Lipinski definition) is 3. The summed E-state index contributed by atoms with van der Waals surface area (Å²) in [6, 6.07) is 5.41. The quantitative estimate of drug-likeness (QED) is 0.798. The SMILES string of the molecule is Cl.Fc1cc([C@@H](c2ccc(Cl)s2)N2CCNCC2)cc(F)c1F. The van der Waals surface area contributed by atoms with E-state index in [-0.39, 0.29) is 18.4 Å². The van der Waals surface area contributed by atoms with Gasteiger partial charge in [0.2, 0.25) is 0 Å². The Morgan fingerprint density at radius 2 is 1.70 bits per heavy atom. The maximum absolute atomic E-state index is 13.6. The molecule has 126 valence electrons. The van der Waals surface area contributed by atoms with Crippen molar-refractivity contribution in [1.82, 2.24) is 10.2 Å². The van der Waals surface area contributed by atoms with Crippen LogP contribution in [0.5, 0.6) is 0 Å². The summed E-state index contributed by atoms with van der Waals surface area (Å²) in [5.41, 5.74) is 0.400. The van der Waals surface area contributed by atoms with E-state index in [1.54, 1.807) is 6.07 Å². The summed E-state index contributed by atoms with van der Waals surface area (Å²) >= 11 is 7.36. The first kappa shape index (κ1) is 18.5. The first-order valence-corrected chi connectivity index (χ1v) is 8.10. The van der Waals surface area contributed by atoms with Gasteiger partial charge in [-0.1, -0.05) is 11.6 Å². The van der Waals surface area contributed by atoms with E-state index in [2.05, 4.69) is 10.2 Å². The molecule has 0 aliphatic carbocycles. The van der Waals surface area contributed by atoms with Gasteiger partial charge in [0.25, 0.3) is 0 Å². The van der Waals surface area contributed by atoms with Crippen molar-refractivity contribution in [3.8, 4) is 0 Å². The first-order valence-electron chi connectivity index (χ1n) is 6.90. The van der Waals surface area contributed by atoms with Gasteiger partial charge in [-0.25, -0.2) is 13.2 Å². The highest BCUT2D eigenvalue weighted by Gasteiger charge is 2.27. The lowest BCUT2D eigenvalue weighted by atomic mass is 10.0. The van der Waals surface area contributed by atoms with Crippen molar-refractivity contribution < 1.29 is 13.2 Å². The van der Waals surface area contributed by atoms with Crippen LogP contribution in [-0.2, 0) is 0 Å². The monoisotopic (exact) mass is 382 g/mol. The van der Waals surface area contributed by atoms with Crippen molar-refractivity contribution in [2.45, 2.75) is 6.04 Å². The molecule has 8 heteroatoms. The number of benzene rings is 1. The van der Waals surface area contributed by atoms with Crippen molar-refractivity contribution in [3.63, 3.8) is 0 Å². The average molecular weight is 383 g/mol. The minimum Gasteiger partial charge on any atom is -0.314 e. The van der Waals surface area contributed by atoms with Gasteiger partial charge in [-0.3, -0.25) is 4.90 Å². The summed E-state index contributed by atoms with van der Waals surface area (Å²) in [4.78, 5) is 3.00. The van der Waals surface area contributed by atoms with Crippen LogP contribution in [0.15, 0.2) is 24.3 Å². The average Bonchev–Trinajstić information content (AvgIpc) is 2.92. The van der Waals surface area contributed by atoms with Crippen molar-refractivity contribution in [3.05, 3.63) is 56.5 Å². The van der Waals surface area contributed by atoms with Crippen molar-refractivity contribution >= 4 is 35.3 Å². The van der Waals surface area contributed by atoms with Gasteiger partial charge in [-0.05, 0) is 29.8 Å². The maximum Gasteiger partial charge on any atom is 0.194 e. The van der Waals surface area contributed by atoms with Crippen molar-refractivity contribution in [1.29, 1.82) is 0 Å². The van der Waals surface area contributed by atoms with E-state index < -0.39 is 17.5 Å². The van der Waals surface area contributed by atoms with Crippen LogP contribution in [0, 0.1) is 17.5 Å². The molecule has 23 heavy (non-hydrogen) atoms. The summed E-state index contributed by atoms with van der Waals surface area (Å²) in [6.07, 6.45) is 0. The third kappa shape index (κ3) is 4.00. The van der Waals surface area contributed by atoms with E-state index in [9.17, 15) is 13.2 Å². The van der Waals surface area contributed by atoms with Crippen LogP contribution in [0.1, 0.15) is 16.5 Å². The summed E-state index contributed by atoms with van der Waals surface area (Å²) in [6.45, 7) is 3.06. The first-order chi connectivity index (χ1) is 10.6. The molecular formula is C15H15Cl2F3N2S. The van der Waals surface area contributed by atoms with Crippen LogP contribution in [0.4, 0.5) is 13.2 Å². The van der Waals surface area contributed by atoms with Crippen LogP contribution in [0.25, 0.3) is 0 Å². The lowest BCUT2D eigenvalue weighted by Gasteiger charge is -2.34. The van der Waals surface area contributed by atoms with Gasteiger partial charge in [0, 0.05) is 31.1 Å². The van der Waals surface area contributed by atoms with E-state index in [1.807, 2.05) is 6.07 Å². The smallest absolute Gasteiger partial charge is 0.194 e. The molecule has 1 aliphatic heterocycles. The summed E-state index contributed by atoms with van der Waals surface area (Å²) in [5.74, 6) is -3.78. The number of nitrogens with one attached hydrogen (secondary N) is 1. The second kappa shape index (κ2) is 7.85. The minimum atomic E-state index is -1.44. The molecule has 1 saturated heterocycles. The fourth-order valence-corrected chi connectivity index (χ4v) is 3.93. The molecule has 0 spiro atoms. The summed E-state index contributed by atoms with van der Waals surface area (Å²) < 4.78 is 41.1. The van der Waals surface area contributed by atoms with E-state index in [4.69, 9.17) is 11.6 Å². The van der Waals surface area contributed by atoms with Crippen LogP contribution in [0.3, 0.4) is 0 Å². The number of rotatable bonds is 3. The molecule has 2 aromatic rings. The van der Waals surface area contributed by atoms with Gasteiger partial charge in [0.15, 0.2) is 17.5 Å². The molecule has 0 unspecified atom stereocenters. The van der Waals surface area contributed by atoms with Crippen LogP contribution in [-0.4, -0.2) is 31.1 Å². The van der Waals surface area contributed by atoms with E-state index in [0.717, 1.165) is 43.2 Å². The van der Waals surface area contributed by atoms with Gasteiger partial charge in [-0.2, -0.15) is 0 Å². The second-order valence-electron chi connectivity index (χ2n) is 5.13. The summed E-state index contributed by atoms with van der Waals surface area (Å²) in [7, 11) is 0. The van der Waals surface area contributed by atoms with Crippen LogP contribution < -0.4 is 5.32 Å². The Morgan fingerprint density at radius 3 is 2.22 bits per heavy atom. The largest absolute Gasteiger partial charge is 0.314 e. The van der Waals surface area contributed by atoms with Crippen molar-refractivity contribution in [2.24, 2.45) is 0 Å². The lowest BCUT2D eigenvalue weighted by molar-refractivity contribution is 0.200. The van der Waals surface area contributed by atoms with Crippen molar-refractivity contribution in [2.75, 3.05) is 26.2 Å². The second-order valence-corrected chi connectivity index (χ2v) is 6.88. The Morgan fingerprint density at radius 1 is 1.09 bits per heavy atom. The van der Waals surface area contributed by atoms with E-state index in [0.29, 0.717) is 9.90 Å². The number of thiophene rings is 1. The van der Waals surface area contributed by atoms with Gasteiger partial charge in [-0.15, -0.1) is 23.7 Å². The minimum absolute atomic E-state index is 0. The maximum atomic E-state index is 13.6. The number of nitrogens with zero attached hydrogens (tertiary/aromatic N) is 1. The number of halogens is 5. The predicted octanol–water partition coefficient (Wildman–Crippen LogP) is 4.24. The Bertz CT molecular complexity index is 651. The molecular weight excluding hydrogens is 368 g/mol. The van der Waals surface area contributed by atoms with Gasteiger partial charge in [0.05, 0.1) is 10.4 Å². The van der Waals surface area contributed by atoms with Gasteiger partial charge in [0.1, 0.15) is 0 Å². The predicted molar refractivity (Wildman–Crippen MR) is 89.2 cm³/mol. The fraction of sp³-hybridized carbons (Fsp3) is 0.333. The summed E-state index contributed by atoms with van der Waals surface area (Å²) in [5, 5.41) is 3.24. The Hall–Kier alpha value is -0.790. The van der Waals surface area contributed by atoms with Gasteiger partial charge >= 0.3 is 0 Å². The molecule has 1 aromatic carbocycles. The molecule has 2 nitrogen and oxygen atoms in total. The lowest BCUT2D eigenvalue weighted by Crippen LogP contribution is -2.45. The molecule has 1 N–H and O–H groups in total. The van der Waals surface area contributed by atoms with E-state index in [1.165, 1.54) is 11.3 Å². The zero-order valence-corrected chi connectivity index (χ0v) is 14.4. The van der Waals surface area contributed by atoms with Gasteiger partial charge < -0.3 is 5.32 Å². The molecule has 0 bridgehead atoms. The molecule has 3 rings (SSSR count). The zero-order valence-electron chi connectivity index (χ0n) is 12.0. The fourth-order valence-electron chi connectivity index (χ4n) is 2.70. The number of piperazine rings is 1. The van der Waals surface area contributed by atoms with Crippen LogP contribution in [0.2, 0.25) is 4.34 Å². The highest BCUT2D eigenvalue weighted by atomic mass is 35.5. The Labute approximate surface area is 147 Å². The molecule has 1 aromatic heterocycles. The molecule has 1 atom stereocenters. The molecule has 0 radical (unpaired) electrons. The Balaban J connectivity index is 0.00000192. The molecule has 2 heterocycles. The zero-order chi connectivity index (χ0) is 15.7. The standard InChI is InChI=1S/C15H14ClF3N2S.ClH/c16-13-2-1-12(22-13)15(21-5-3-20-4-6-21)9-7-10(17)14(19)11(18)8-9;/h1-2,7-8,15,20H,3-6H2;1H/t15-;/m0./s1. The molecule has 1 fully saturated rings. The highest BCUT2D eigenvalue weighted by molar-refractivity contribution is 7.16. The van der Waals surface area contributed by atoms with E-state index >= 15 is 0 Å². The molecule has 1 aliphatic rings. The molecule has 0 amide bonds. The number of hydrogen-bond donors (Lipinski definition) is 1. The normalized spacial score (nSPS) is 16.9. The topological polar surface area (TPSA) is 15.3 Å². The highest BCUT2D eigenvalue weighted by Crippen LogP contribution is 2.36. The third-order valence-corrected chi connectivity index (χ3v) is 4.99. The molecule has 0 saturated carbocycles. The third-order valence-electron chi connectivity index (χ3n) is 3.70. The van der Waals surface area contributed by atoms with Crippen LogP contribution >= 0.6 is 35.3 Å². The Kier molecular flexibility index (Phi) is 6.33.